The lowest BCUT2D eigenvalue weighted by Crippen LogP contribution is -2.52. The van der Waals surface area contributed by atoms with Crippen molar-refractivity contribution in [3.8, 4) is 0 Å². The molecule has 0 heterocycles. The highest BCUT2D eigenvalue weighted by Gasteiger charge is 2.33. The van der Waals surface area contributed by atoms with Gasteiger partial charge in [-0.3, -0.25) is 14.2 Å². The van der Waals surface area contributed by atoms with Gasteiger partial charge < -0.3 is 4.90 Å². The zero-order valence-corrected chi connectivity index (χ0v) is 18.8. The Labute approximate surface area is 177 Å². The molecule has 1 aromatic carbocycles. The molecule has 1 saturated carbocycles. The van der Waals surface area contributed by atoms with Crippen molar-refractivity contribution in [1.29, 1.82) is 0 Å². The summed E-state index contributed by atoms with van der Waals surface area (Å²) in [5.41, 5.74) is 0.581. The summed E-state index contributed by atoms with van der Waals surface area (Å²) < 4.78 is 25.9. The smallest absolute Gasteiger partial charge is 0.261 e. The van der Waals surface area contributed by atoms with Crippen molar-refractivity contribution in [3.63, 3.8) is 0 Å². The molecule has 0 bridgehead atoms. The van der Waals surface area contributed by atoms with E-state index in [1.165, 1.54) is 6.42 Å². The number of benzene rings is 1. The Morgan fingerprint density at radius 2 is 1.75 bits per heavy atom. The molecular formula is C19H28Cl2N2O4S. The Morgan fingerprint density at radius 3 is 2.25 bits per heavy atom. The molecule has 2 rings (SSSR count). The van der Waals surface area contributed by atoms with E-state index < -0.39 is 10.1 Å². The van der Waals surface area contributed by atoms with Crippen LogP contribution in [0.15, 0.2) is 30.9 Å². The molecule has 158 valence electrons. The molecule has 1 N–H and O–H groups in total. The van der Waals surface area contributed by atoms with Gasteiger partial charge in [-0.15, -0.1) is 6.58 Å². The summed E-state index contributed by atoms with van der Waals surface area (Å²) in [5.74, 6) is -0.00697. The van der Waals surface area contributed by atoms with Crippen molar-refractivity contribution in [1.82, 2.24) is 9.80 Å². The molecule has 6 nitrogen and oxygen atoms in total. The van der Waals surface area contributed by atoms with Gasteiger partial charge in [-0.25, -0.2) is 0 Å². The molecule has 9 heteroatoms. The first kappa shape index (κ1) is 24.9. The number of halogens is 2. The molecule has 1 aliphatic rings. The van der Waals surface area contributed by atoms with Gasteiger partial charge in [0.05, 0.1) is 16.3 Å². The first-order valence-electron chi connectivity index (χ1n) is 8.91. The Kier molecular flexibility index (Phi) is 9.94. The van der Waals surface area contributed by atoms with Gasteiger partial charge >= 0.3 is 0 Å². The summed E-state index contributed by atoms with van der Waals surface area (Å²) in [5, 5.41) is 0.877. The molecule has 0 spiro atoms. The normalized spacial score (nSPS) is 19.5. The molecule has 0 aromatic heterocycles. The van der Waals surface area contributed by atoms with Crippen molar-refractivity contribution in [2.75, 3.05) is 26.9 Å². The number of amides is 1. The molecular weight excluding hydrogens is 423 g/mol. The van der Waals surface area contributed by atoms with Crippen LogP contribution >= 0.6 is 23.2 Å². The van der Waals surface area contributed by atoms with Gasteiger partial charge in [-0.1, -0.05) is 42.1 Å². The van der Waals surface area contributed by atoms with Crippen LogP contribution in [0, 0.1) is 0 Å². The third-order valence-corrected chi connectivity index (χ3v) is 5.40. The van der Waals surface area contributed by atoms with Crippen molar-refractivity contribution >= 4 is 39.2 Å². The molecule has 1 aromatic rings. The highest BCUT2D eigenvalue weighted by Crippen LogP contribution is 2.28. The molecule has 28 heavy (non-hydrogen) atoms. The minimum absolute atomic E-state index is 0.00697. The zero-order valence-electron chi connectivity index (χ0n) is 16.4. The van der Waals surface area contributed by atoms with E-state index >= 15 is 0 Å². The SMILES string of the molecule is C=CCN(C)C1CCCCC1N(C)C(=O)c1ccc(Cl)c(Cl)c1.CS(=O)(=O)O. The van der Waals surface area contributed by atoms with Gasteiger partial charge in [-0.2, -0.15) is 8.42 Å². The van der Waals surface area contributed by atoms with Crippen molar-refractivity contribution < 1.29 is 17.8 Å². The predicted molar refractivity (Wildman–Crippen MR) is 115 cm³/mol. The van der Waals surface area contributed by atoms with Crippen LogP contribution in [0.5, 0.6) is 0 Å². The summed E-state index contributed by atoms with van der Waals surface area (Å²) >= 11 is 12.0. The number of likely N-dealkylation sites (N-methyl/N-ethyl adjacent to an activating group) is 2. The summed E-state index contributed by atoms with van der Waals surface area (Å²) in [6, 6.07) is 5.62. The summed E-state index contributed by atoms with van der Waals surface area (Å²) in [4.78, 5) is 17.0. The zero-order chi connectivity index (χ0) is 21.5. The minimum Gasteiger partial charge on any atom is -0.337 e. The fourth-order valence-electron chi connectivity index (χ4n) is 3.38. The molecule has 2 unspecified atom stereocenters. The van der Waals surface area contributed by atoms with Gasteiger partial charge in [0.1, 0.15) is 0 Å². The van der Waals surface area contributed by atoms with Crippen molar-refractivity contribution in [2.45, 2.75) is 37.8 Å². The average Bonchev–Trinajstić information content (AvgIpc) is 2.61. The van der Waals surface area contributed by atoms with Gasteiger partial charge in [0.15, 0.2) is 0 Å². The standard InChI is InChI=1S/C18H24Cl2N2O.CH4O3S/c1-4-11-21(2)16-7-5-6-8-17(16)22(3)18(23)13-9-10-14(19)15(20)12-13;1-5(2,3)4/h4,9-10,12,16-17H,1,5-8,11H2,2-3H3;1H3,(H,2,3,4). The Balaban J connectivity index is 0.000000696. The topological polar surface area (TPSA) is 77.9 Å². The predicted octanol–water partition coefficient (Wildman–Crippen LogP) is 4.00. The second-order valence-corrected chi connectivity index (χ2v) is 9.21. The lowest BCUT2D eigenvalue weighted by atomic mass is 9.88. The van der Waals surface area contributed by atoms with Crippen molar-refractivity contribution in [3.05, 3.63) is 46.5 Å². The van der Waals surface area contributed by atoms with Crippen LogP contribution in [0.1, 0.15) is 36.0 Å². The number of hydrogen-bond donors (Lipinski definition) is 1. The number of carbonyl (C=O) groups excluding carboxylic acids is 1. The van der Waals surface area contributed by atoms with E-state index in [0.29, 0.717) is 27.9 Å². The minimum atomic E-state index is -3.67. The van der Waals surface area contributed by atoms with Crippen LogP contribution in [0.2, 0.25) is 10.0 Å². The van der Waals surface area contributed by atoms with Gasteiger partial charge in [-0.05, 0) is 38.1 Å². The Morgan fingerprint density at radius 1 is 1.21 bits per heavy atom. The quantitative estimate of drug-likeness (QED) is 0.541. The molecule has 2 atom stereocenters. The Bertz CT molecular complexity index is 778. The number of carbonyl (C=O) groups is 1. The first-order chi connectivity index (χ1) is 13.0. The van der Waals surface area contributed by atoms with E-state index in [-0.39, 0.29) is 11.9 Å². The largest absolute Gasteiger partial charge is 0.337 e. The van der Waals surface area contributed by atoms with Crippen LogP contribution in [-0.2, 0) is 10.1 Å². The third kappa shape index (κ3) is 8.09. The maximum atomic E-state index is 12.8. The van der Waals surface area contributed by atoms with E-state index in [0.717, 1.165) is 25.8 Å². The molecule has 1 aliphatic carbocycles. The molecule has 0 saturated heterocycles. The first-order valence-corrected chi connectivity index (χ1v) is 11.5. The molecule has 0 aliphatic heterocycles. The van der Waals surface area contributed by atoms with E-state index in [1.54, 1.807) is 18.2 Å². The second-order valence-electron chi connectivity index (χ2n) is 6.93. The van der Waals surface area contributed by atoms with E-state index in [9.17, 15) is 13.2 Å². The summed E-state index contributed by atoms with van der Waals surface area (Å²) in [6.07, 6.45) is 7.11. The average molecular weight is 451 g/mol. The highest BCUT2D eigenvalue weighted by molar-refractivity contribution is 7.85. The Hall–Kier alpha value is -1.12. The van der Waals surface area contributed by atoms with Gasteiger partial charge in [0.25, 0.3) is 16.0 Å². The maximum absolute atomic E-state index is 12.8. The lowest BCUT2D eigenvalue weighted by Gasteiger charge is -2.42. The second kappa shape index (κ2) is 11.2. The lowest BCUT2D eigenvalue weighted by molar-refractivity contribution is 0.0522. The number of nitrogens with zero attached hydrogens (tertiary/aromatic N) is 2. The van der Waals surface area contributed by atoms with Gasteiger partial charge in [0.2, 0.25) is 0 Å². The highest BCUT2D eigenvalue weighted by atomic mass is 35.5. The number of rotatable bonds is 5. The maximum Gasteiger partial charge on any atom is 0.261 e. The number of hydrogen-bond acceptors (Lipinski definition) is 4. The molecule has 1 fully saturated rings. The van der Waals surface area contributed by atoms with E-state index in [1.807, 2.05) is 18.0 Å². The van der Waals surface area contributed by atoms with Crippen LogP contribution in [-0.4, -0.2) is 67.7 Å². The monoisotopic (exact) mass is 450 g/mol. The summed E-state index contributed by atoms with van der Waals surface area (Å²) in [7, 11) is 0.317. The van der Waals surface area contributed by atoms with E-state index in [4.69, 9.17) is 27.8 Å². The van der Waals surface area contributed by atoms with E-state index in [2.05, 4.69) is 18.5 Å². The van der Waals surface area contributed by atoms with Crippen LogP contribution in [0.3, 0.4) is 0 Å². The summed E-state index contributed by atoms with van der Waals surface area (Å²) in [6.45, 7) is 4.65. The molecule has 0 radical (unpaired) electrons. The van der Waals surface area contributed by atoms with Crippen LogP contribution in [0.4, 0.5) is 0 Å². The van der Waals surface area contributed by atoms with Crippen LogP contribution < -0.4 is 0 Å². The fraction of sp³-hybridized carbons (Fsp3) is 0.526. The third-order valence-electron chi connectivity index (χ3n) is 4.66. The van der Waals surface area contributed by atoms with Gasteiger partial charge in [0, 0.05) is 31.2 Å². The molecule has 1 amide bonds. The van der Waals surface area contributed by atoms with Crippen LogP contribution in [0.25, 0.3) is 0 Å². The fourth-order valence-corrected chi connectivity index (χ4v) is 3.68. The van der Waals surface area contributed by atoms with Crippen molar-refractivity contribution in [2.24, 2.45) is 0 Å².